The van der Waals surface area contributed by atoms with Gasteiger partial charge in [-0.15, -0.1) is 0 Å². The molecule has 19 heavy (non-hydrogen) atoms. The van der Waals surface area contributed by atoms with Gasteiger partial charge in [-0.3, -0.25) is 0 Å². The molecule has 3 nitrogen and oxygen atoms in total. The summed E-state index contributed by atoms with van der Waals surface area (Å²) in [6.07, 6.45) is 13.8. The van der Waals surface area contributed by atoms with Gasteiger partial charge in [0.05, 0.1) is 0 Å². The van der Waals surface area contributed by atoms with Gasteiger partial charge in [0.15, 0.2) is 0 Å². The first-order chi connectivity index (χ1) is 9.06. The second kappa shape index (κ2) is 11.7. The third-order valence-corrected chi connectivity index (χ3v) is 5.03. The van der Waals surface area contributed by atoms with Crippen molar-refractivity contribution in [1.82, 2.24) is 0 Å². The molecule has 0 aromatic rings. The molecule has 0 rings (SSSR count). The molecule has 0 atom stereocenters. The van der Waals surface area contributed by atoms with E-state index in [1.54, 1.807) is 24.3 Å². The number of carbonyl (C=O) groups excluding carboxylic acids is 3. The molecular formula is C15H19O3Ru. The molecule has 0 radical (unpaired) electrons. The van der Waals surface area contributed by atoms with E-state index in [1.807, 2.05) is 12.2 Å². The van der Waals surface area contributed by atoms with Crippen LogP contribution in [0.5, 0.6) is 0 Å². The van der Waals surface area contributed by atoms with Gasteiger partial charge in [0.1, 0.15) is 0 Å². The molecule has 0 bridgehead atoms. The third kappa shape index (κ3) is 12.8. The number of hydrogen-bond acceptors (Lipinski definition) is 3. The Morgan fingerprint density at radius 3 is 1.58 bits per heavy atom. The molecule has 0 aliphatic heterocycles. The van der Waals surface area contributed by atoms with E-state index >= 15 is 0 Å². The van der Waals surface area contributed by atoms with Crippen LogP contribution < -0.4 is 0 Å². The summed E-state index contributed by atoms with van der Waals surface area (Å²) >= 11 is -1.48. The molecule has 0 heterocycles. The van der Waals surface area contributed by atoms with Crippen LogP contribution in [0.4, 0.5) is 0 Å². The van der Waals surface area contributed by atoms with E-state index in [2.05, 4.69) is 0 Å². The Labute approximate surface area is 119 Å². The predicted molar refractivity (Wildman–Crippen MR) is 74.3 cm³/mol. The van der Waals surface area contributed by atoms with E-state index in [0.717, 1.165) is 14.9 Å². The van der Waals surface area contributed by atoms with Crippen molar-refractivity contribution in [3.05, 3.63) is 48.6 Å². The Morgan fingerprint density at radius 2 is 1.26 bits per heavy atom. The van der Waals surface area contributed by atoms with Crippen LogP contribution in [0.25, 0.3) is 0 Å². The predicted octanol–water partition coefficient (Wildman–Crippen LogP) is 3.03. The maximum atomic E-state index is 10.9. The van der Waals surface area contributed by atoms with Crippen molar-refractivity contribution in [2.75, 3.05) is 0 Å². The normalized spacial score (nSPS) is 12.8. The first-order valence-corrected chi connectivity index (χ1v) is 9.20. The minimum absolute atomic E-state index is 0.00872. The van der Waals surface area contributed by atoms with Gasteiger partial charge in [0.25, 0.3) is 0 Å². The quantitative estimate of drug-likeness (QED) is 0.279. The fourth-order valence-electron chi connectivity index (χ4n) is 0.977. The maximum absolute atomic E-state index is 10.9. The van der Waals surface area contributed by atoms with Gasteiger partial charge in [-0.25, -0.2) is 0 Å². The molecule has 0 aliphatic rings. The van der Waals surface area contributed by atoms with Crippen molar-refractivity contribution in [2.45, 2.75) is 23.9 Å². The molecule has 4 heteroatoms. The average molecular weight is 348 g/mol. The van der Waals surface area contributed by atoms with Crippen LogP contribution >= 0.6 is 0 Å². The van der Waals surface area contributed by atoms with Gasteiger partial charge in [0.2, 0.25) is 0 Å². The van der Waals surface area contributed by atoms with E-state index in [0.29, 0.717) is 0 Å². The van der Waals surface area contributed by atoms with Crippen molar-refractivity contribution in [3.63, 3.8) is 0 Å². The standard InChI is InChI=1S/2C7H9O.CHO.Ru/c2*1-3-4-5-6-7(2)8;1-2;/h2*3-6H,1H2,2H3;1H;. The van der Waals surface area contributed by atoms with E-state index in [9.17, 15) is 14.4 Å². The Kier molecular flexibility index (Phi) is 10.8. The van der Waals surface area contributed by atoms with Crippen LogP contribution in [0.15, 0.2) is 48.6 Å². The van der Waals surface area contributed by atoms with Crippen LogP contribution in [0.3, 0.4) is 0 Å². The van der Waals surface area contributed by atoms with E-state index in [4.69, 9.17) is 0 Å². The van der Waals surface area contributed by atoms with Gasteiger partial charge in [0, 0.05) is 0 Å². The zero-order chi connectivity index (χ0) is 14.5. The molecule has 0 aliphatic carbocycles. The summed E-state index contributed by atoms with van der Waals surface area (Å²) in [6.45, 7) is 2.99. The molecule has 0 aromatic carbocycles. The Bertz CT molecular complexity index is 381. The van der Waals surface area contributed by atoms with Crippen molar-refractivity contribution < 1.29 is 30.3 Å². The summed E-state index contributed by atoms with van der Waals surface area (Å²) in [5.41, 5.74) is 0. The molecule has 0 saturated heterocycles. The van der Waals surface area contributed by atoms with Crippen LogP contribution in [0, 0.1) is 0 Å². The topological polar surface area (TPSA) is 51.2 Å². The fraction of sp³-hybridized carbons (Fsp3) is 0.267. The molecule has 0 amide bonds. The van der Waals surface area contributed by atoms with Crippen molar-refractivity contribution in [1.29, 1.82) is 0 Å². The van der Waals surface area contributed by atoms with E-state index < -0.39 is 16.0 Å². The van der Waals surface area contributed by atoms with Crippen LogP contribution in [0.1, 0.15) is 13.8 Å². The van der Waals surface area contributed by atoms with Gasteiger partial charge >= 0.3 is 119 Å². The number of ketones is 2. The van der Waals surface area contributed by atoms with Crippen molar-refractivity contribution in [3.8, 4) is 0 Å². The Hall–Kier alpha value is -1.41. The second-order valence-electron chi connectivity index (χ2n) is 3.63. The molecule has 0 N–H and O–H groups in total. The fourth-order valence-corrected chi connectivity index (χ4v) is 3.13. The average Bonchev–Trinajstić information content (AvgIpc) is 2.34. The van der Waals surface area contributed by atoms with Gasteiger partial charge in [-0.1, -0.05) is 0 Å². The second-order valence-corrected chi connectivity index (χ2v) is 7.75. The first kappa shape index (κ1) is 17.6. The van der Waals surface area contributed by atoms with E-state index in [-0.39, 0.29) is 11.6 Å². The number of carbonyl (C=O) groups is 3. The number of hydrogen-bond donors (Lipinski definition) is 0. The number of rotatable bonds is 9. The summed E-state index contributed by atoms with van der Waals surface area (Å²) < 4.78 is 0. The molecule has 0 aromatic heterocycles. The minimum atomic E-state index is -1.48. The van der Waals surface area contributed by atoms with Gasteiger partial charge < -0.3 is 0 Å². The SMILES string of the molecule is CC(=O)C=CC=C[CH2][Ru]([CH]=O)[CH2]C=CC=CC(C)=O. The first-order valence-electron chi connectivity index (χ1n) is 5.74. The Morgan fingerprint density at radius 1 is 0.842 bits per heavy atom. The molecule has 0 unspecified atom stereocenters. The molecule has 105 valence electrons. The zero-order valence-electron chi connectivity index (χ0n) is 11.2. The molecule has 0 saturated carbocycles. The van der Waals surface area contributed by atoms with Crippen molar-refractivity contribution in [2.24, 2.45) is 0 Å². The zero-order valence-corrected chi connectivity index (χ0v) is 12.9. The van der Waals surface area contributed by atoms with Crippen LogP contribution in [-0.4, -0.2) is 16.4 Å². The summed E-state index contributed by atoms with van der Waals surface area (Å²) in [5, 5.41) is 1.55. The van der Waals surface area contributed by atoms with E-state index in [1.165, 1.54) is 26.0 Å². The summed E-state index contributed by atoms with van der Waals surface area (Å²) in [6, 6.07) is 0. The third-order valence-electron chi connectivity index (χ3n) is 1.81. The Balaban J connectivity index is 4.05. The van der Waals surface area contributed by atoms with Gasteiger partial charge in [-0.2, -0.15) is 0 Å². The van der Waals surface area contributed by atoms with Crippen LogP contribution in [-0.2, 0) is 30.3 Å². The van der Waals surface area contributed by atoms with Gasteiger partial charge in [-0.05, 0) is 0 Å². The molecular weight excluding hydrogens is 329 g/mol. The monoisotopic (exact) mass is 349 g/mol. The molecule has 0 fully saturated rings. The van der Waals surface area contributed by atoms with Crippen molar-refractivity contribution >= 4 is 16.4 Å². The summed E-state index contributed by atoms with van der Waals surface area (Å²) in [5.74, 6) is 0.0174. The summed E-state index contributed by atoms with van der Waals surface area (Å²) in [4.78, 5) is 33.2. The number of allylic oxidation sites excluding steroid dienone is 8. The van der Waals surface area contributed by atoms with Crippen LogP contribution in [0.2, 0.25) is 10.0 Å². The molecule has 0 spiro atoms. The summed E-state index contributed by atoms with van der Waals surface area (Å²) in [7, 11) is 0.